The molecule has 0 atom stereocenters. The third-order valence-electron chi connectivity index (χ3n) is 2.44. The van der Waals surface area contributed by atoms with Crippen LogP contribution in [0.4, 0.5) is 0 Å². The number of allylic oxidation sites excluding steroid dienone is 1. The third kappa shape index (κ3) is 3.59. The van der Waals surface area contributed by atoms with Gasteiger partial charge in [0.1, 0.15) is 0 Å². The zero-order valence-corrected chi connectivity index (χ0v) is 10.3. The first-order chi connectivity index (χ1) is 8.06. The van der Waals surface area contributed by atoms with Crippen molar-refractivity contribution >= 4 is 5.91 Å². The predicted octanol–water partition coefficient (Wildman–Crippen LogP) is 1.52. The largest absolute Gasteiger partial charge is 0.345 e. The van der Waals surface area contributed by atoms with E-state index >= 15 is 0 Å². The molecule has 0 spiro atoms. The Bertz CT molecular complexity index is 461. The van der Waals surface area contributed by atoms with Crippen molar-refractivity contribution in [2.75, 3.05) is 14.1 Å². The normalized spacial score (nSPS) is 10.0. The Kier molecular flexibility index (Phi) is 4.69. The van der Waals surface area contributed by atoms with Gasteiger partial charge >= 0.3 is 0 Å². The van der Waals surface area contributed by atoms with E-state index in [-0.39, 0.29) is 11.5 Å². The fourth-order valence-corrected chi connectivity index (χ4v) is 1.50. The lowest BCUT2D eigenvalue weighted by Crippen LogP contribution is -2.25. The number of pyridine rings is 1. The van der Waals surface area contributed by atoms with Crippen LogP contribution in [0.1, 0.15) is 23.2 Å². The van der Waals surface area contributed by atoms with Crippen LogP contribution in [0.2, 0.25) is 0 Å². The molecule has 0 fully saturated rings. The molecule has 17 heavy (non-hydrogen) atoms. The zero-order chi connectivity index (χ0) is 12.8. The summed E-state index contributed by atoms with van der Waals surface area (Å²) < 4.78 is 1.57. The van der Waals surface area contributed by atoms with Crippen LogP contribution in [0, 0.1) is 0 Å². The summed E-state index contributed by atoms with van der Waals surface area (Å²) in [4.78, 5) is 24.8. The Balaban J connectivity index is 2.90. The zero-order valence-electron chi connectivity index (χ0n) is 10.3. The Morgan fingerprint density at radius 1 is 1.47 bits per heavy atom. The number of hydrogen-bond acceptors (Lipinski definition) is 2. The maximum atomic E-state index is 11.7. The summed E-state index contributed by atoms with van der Waals surface area (Å²) in [5.74, 6) is -0.0949. The van der Waals surface area contributed by atoms with Gasteiger partial charge in [0.25, 0.3) is 11.5 Å². The van der Waals surface area contributed by atoms with Crippen molar-refractivity contribution in [2.24, 2.45) is 0 Å². The predicted molar refractivity (Wildman–Crippen MR) is 68.2 cm³/mol. The Hall–Kier alpha value is -1.84. The summed E-state index contributed by atoms with van der Waals surface area (Å²) in [6, 6.07) is 3.00. The van der Waals surface area contributed by atoms with Gasteiger partial charge in [0.15, 0.2) is 0 Å². The van der Waals surface area contributed by atoms with Crippen molar-refractivity contribution in [3.63, 3.8) is 0 Å². The quantitative estimate of drug-likeness (QED) is 0.572. The summed E-state index contributed by atoms with van der Waals surface area (Å²) in [6.45, 7) is 4.25. The second-order valence-electron chi connectivity index (χ2n) is 4.08. The van der Waals surface area contributed by atoms with E-state index in [0.717, 1.165) is 12.8 Å². The molecule has 0 radical (unpaired) electrons. The van der Waals surface area contributed by atoms with Gasteiger partial charge in [-0.25, -0.2) is 0 Å². The molecular weight excluding hydrogens is 216 g/mol. The van der Waals surface area contributed by atoms with Gasteiger partial charge in [-0.1, -0.05) is 6.08 Å². The number of carbonyl (C=O) groups is 1. The van der Waals surface area contributed by atoms with Crippen LogP contribution in [0.3, 0.4) is 0 Å². The topological polar surface area (TPSA) is 42.3 Å². The minimum atomic E-state index is -0.0949. The van der Waals surface area contributed by atoms with E-state index in [1.807, 2.05) is 6.08 Å². The molecule has 1 aromatic rings. The van der Waals surface area contributed by atoms with Crippen molar-refractivity contribution in [2.45, 2.75) is 19.4 Å². The Morgan fingerprint density at radius 2 is 2.18 bits per heavy atom. The number of aryl methyl sites for hydroxylation is 1. The molecule has 0 bridgehead atoms. The van der Waals surface area contributed by atoms with Crippen LogP contribution >= 0.6 is 0 Å². The van der Waals surface area contributed by atoms with Gasteiger partial charge in [-0.05, 0) is 18.9 Å². The van der Waals surface area contributed by atoms with E-state index in [1.54, 1.807) is 30.9 Å². The highest BCUT2D eigenvalue weighted by Gasteiger charge is 2.09. The molecule has 1 aromatic heterocycles. The van der Waals surface area contributed by atoms with Crippen molar-refractivity contribution in [3.05, 3.63) is 46.9 Å². The van der Waals surface area contributed by atoms with E-state index in [4.69, 9.17) is 0 Å². The van der Waals surface area contributed by atoms with E-state index in [9.17, 15) is 9.59 Å². The molecule has 1 rings (SSSR count). The second-order valence-corrected chi connectivity index (χ2v) is 4.08. The maximum absolute atomic E-state index is 11.7. The highest BCUT2D eigenvalue weighted by Crippen LogP contribution is 2.01. The fourth-order valence-electron chi connectivity index (χ4n) is 1.50. The number of aromatic nitrogens is 1. The van der Waals surface area contributed by atoms with E-state index < -0.39 is 0 Å². The first-order valence-corrected chi connectivity index (χ1v) is 5.59. The van der Waals surface area contributed by atoms with Gasteiger partial charge in [-0.2, -0.15) is 0 Å². The fraction of sp³-hybridized carbons (Fsp3) is 0.385. The summed E-state index contributed by atoms with van der Waals surface area (Å²) in [7, 11) is 3.38. The maximum Gasteiger partial charge on any atom is 0.254 e. The van der Waals surface area contributed by atoms with Crippen LogP contribution < -0.4 is 5.56 Å². The molecule has 0 N–H and O–H groups in total. The van der Waals surface area contributed by atoms with E-state index in [1.165, 1.54) is 11.0 Å². The summed E-state index contributed by atoms with van der Waals surface area (Å²) in [5, 5.41) is 0. The smallest absolute Gasteiger partial charge is 0.254 e. The molecule has 0 saturated heterocycles. The molecule has 92 valence electrons. The van der Waals surface area contributed by atoms with Crippen LogP contribution in [-0.2, 0) is 6.54 Å². The number of nitrogens with zero attached hydrogens (tertiary/aromatic N) is 2. The van der Waals surface area contributed by atoms with Gasteiger partial charge < -0.3 is 9.47 Å². The SMILES string of the molecule is C=CCCCn1cc(C(=O)N(C)C)ccc1=O. The van der Waals surface area contributed by atoms with Crippen molar-refractivity contribution in [1.29, 1.82) is 0 Å². The number of carbonyl (C=O) groups excluding carboxylic acids is 1. The molecular formula is C13H18N2O2. The van der Waals surface area contributed by atoms with E-state index in [2.05, 4.69) is 6.58 Å². The first kappa shape index (κ1) is 13.2. The minimum Gasteiger partial charge on any atom is -0.345 e. The number of rotatable bonds is 5. The molecule has 1 amide bonds. The van der Waals surface area contributed by atoms with Gasteiger partial charge in [-0.3, -0.25) is 9.59 Å². The molecule has 0 aromatic carbocycles. The summed E-state index contributed by atoms with van der Waals surface area (Å²) in [5.41, 5.74) is 0.456. The summed E-state index contributed by atoms with van der Waals surface area (Å²) in [6.07, 6.45) is 5.15. The van der Waals surface area contributed by atoms with Crippen LogP contribution in [0.25, 0.3) is 0 Å². The third-order valence-corrected chi connectivity index (χ3v) is 2.44. The van der Waals surface area contributed by atoms with Gasteiger partial charge in [0.2, 0.25) is 0 Å². The lowest BCUT2D eigenvalue weighted by atomic mass is 10.2. The molecule has 0 aliphatic heterocycles. The minimum absolute atomic E-state index is 0.0793. The lowest BCUT2D eigenvalue weighted by molar-refractivity contribution is 0.0826. The van der Waals surface area contributed by atoms with Gasteiger partial charge in [0.05, 0.1) is 5.56 Å². The first-order valence-electron chi connectivity index (χ1n) is 5.59. The number of unbranched alkanes of at least 4 members (excludes halogenated alkanes) is 1. The van der Waals surface area contributed by atoms with Gasteiger partial charge in [0, 0.05) is 32.9 Å². The van der Waals surface area contributed by atoms with Gasteiger partial charge in [-0.15, -0.1) is 6.58 Å². The highest BCUT2D eigenvalue weighted by molar-refractivity contribution is 5.93. The summed E-state index contributed by atoms with van der Waals surface area (Å²) >= 11 is 0. The Labute approximate surface area is 101 Å². The van der Waals surface area contributed by atoms with Crippen LogP contribution in [0.5, 0.6) is 0 Å². The van der Waals surface area contributed by atoms with E-state index in [0.29, 0.717) is 12.1 Å². The molecule has 0 unspecified atom stereocenters. The van der Waals surface area contributed by atoms with Crippen molar-refractivity contribution in [1.82, 2.24) is 9.47 Å². The van der Waals surface area contributed by atoms with Crippen LogP contribution in [-0.4, -0.2) is 29.5 Å². The number of hydrogen-bond donors (Lipinski definition) is 0. The van der Waals surface area contributed by atoms with Crippen LogP contribution in [0.15, 0.2) is 35.8 Å². The van der Waals surface area contributed by atoms with Crippen molar-refractivity contribution < 1.29 is 4.79 Å². The molecule has 0 aliphatic rings. The van der Waals surface area contributed by atoms with Crippen molar-refractivity contribution in [3.8, 4) is 0 Å². The lowest BCUT2D eigenvalue weighted by Gasteiger charge is -2.12. The molecule has 0 aliphatic carbocycles. The molecule has 4 heteroatoms. The molecule has 4 nitrogen and oxygen atoms in total. The second kappa shape index (κ2) is 6.03. The monoisotopic (exact) mass is 234 g/mol. The molecule has 1 heterocycles. The average Bonchev–Trinajstić information content (AvgIpc) is 2.30. The standard InChI is InChI=1S/C13H18N2O2/c1-4-5-6-9-15-10-11(7-8-12(15)16)13(17)14(2)3/h4,7-8,10H,1,5-6,9H2,2-3H3. The highest BCUT2D eigenvalue weighted by atomic mass is 16.2. The Morgan fingerprint density at radius 3 is 2.76 bits per heavy atom. The average molecular weight is 234 g/mol. The number of amides is 1. The molecule has 0 saturated carbocycles.